The predicted molar refractivity (Wildman–Crippen MR) is 125 cm³/mol. The largest absolute Gasteiger partial charge is 0.362 e. The Bertz CT molecular complexity index is 1370. The molecule has 0 unspecified atom stereocenters. The highest BCUT2D eigenvalue weighted by molar-refractivity contribution is 6.35. The fourth-order valence-corrected chi connectivity index (χ4v) is 4.22. The minimum Gasteiger partial charge on any atom is -0.362 e. The molecular formula is C24H20ClFN6. The van der Waals surface area contributed by atoms with E-state index in [4.69, 9.17) is 16.6 Å². The summed E-state index contributed by atoms with van der Waals surface area (Å²) in [5, 5.41) is 4.89. The number of benzene rings is 1. The molecule has 1 N–H and O–H groups in total. The molecule has 0 saturated heterocycles. The highest BCUT2D eigenvalue weighted by Gasteiger charge is 2.22. The molecule has 3 aromatic heterocycles. The van der Waals surface area contributed by atoms with Crippen molar-refractivity contribution in [2.75, 3.05) is 5.32 Å². The maximum absolute atomic E-state index is 14.2. The van der Waals surface area contributed by atoms with Gasteiger partial charge >= 0.3 is 0 Å². The summed E-state index contributed by atoms with van der Waals surface area (Å²) >= 11 is 6.45. The fourth-order valence-electron chi connectivity index (χ4n) is 3.99. The average Bonchev–Trinajstić information content (AvgIpc) is 3.28. The number of hydrogen-bond donors (Lipinski definition) is 1. The van der Waals surface area contributed by atoms with Crippen molar-refractivity contribution >= 4 is 40.2 Å². The number of para-hydroxylation sites is 1. The molecule has 0 fully saturated rings. The van der Waals surface area contributed by atoms with Crippen LogP contribution in [0.25, 0.3) is 22.2 Å². The molecule has 0 aliphatic carbocycles. The SMILES string of the molecule is CCc1ncc(F)cc1-c1nc2c(Cl)cccc2cc1[C@H](C)Nc1ncnc2c1N=CC2. The molecule has 0 saturated carbocycles. The molecule has 1 aliphatic rings. The summed E-state index contributed by atoms with van der Waals surface area (Å²) in [5.74, 6) is 0.245. The number of halogens is 2. The minimum absolute atomic E-state index is 0.205. The Morgan fingerprint density at radius 2 is 2.06 bits per heavy atom. The first kappa shape index (κ1) is 20.5. The van der Waals surface area contributed by atoms with Gasteiger partial charge in [-0.25, -0.2) is 19.3 Å². The minimum atomic E-state index is -0.409. The lowest BCUT2D eigenvalue weighted by molar-refractivity contribution is 0.620. The van der Waals surface area contributed by atoms with Crippen LogP contribution in [0.3, 0.4) is 0 Å². The summed E-state index contributed by atoms with van der Waals surface area (Å²) < 4.78 is 14.2. The summed E-state index contributed by atoms with van der Waals surface area (Å²) in [6.45, 7) is 4.00. The van der Waals surface area contributed by atoms with Crippen LogP contribution < -0.4 is 5.32 Å². The lowest BCUT2D eigenvalue weighted by Crippen LogP contribution is -2.12. The van der Waals surface area contributed by atoms with Crippen LogP contribution in [0.1, 0.15) is 36.8 Å². The molecule has 1 aromatic carbocycles. The van der Waals surface area contributed by atoms with Crippen LogP contribution in [0.5, 0.6) is 0 Å². The summed E-state index contributed by atoms with van der Waals surface area (Å²) in [6.07, 6.45) is 5.93. The third-order valence-corrected chi connectivity index (χ3v) is 5.88. The third-order valence-electron chi connectivity index (χ3n) is 5.58. The molecule has 8 heteroatoms. The number of anilines is 1. The number of pyridine rings is 2. The smallest absolute Gasteiger partial charge is 0.156 e. The molecule has 0 radical (unpaired) electrons. The van der Waals surface area contributed by atoms with Gasteiger partial charge in [0.05, 0.1) is 34.2 Å². The Morgan fingerprint density at radius 1 is 1.19 bits per heavy atom. The average molecular weight is 447 g/mol. The summed E-state index contributed by atoms with van der Waals surface area (Å²) in [5.41, 5.74) is 5.26. The number of rotatable bonds is 5. The zero-order valence-corrected chi connectivity index (χ0v) is 18.4. The zero-order valence-electron chi connectivity index (χ0n) is 17.6. The van der Waals surface area contributed by atoms with Gasteiger partial charge in [0.15, 0.2) is 5.82 Å². The highest BCUT2D eigenvalue weighted by Crippen LogP contribution is 2.37. The number of hydrogen-bond acceptors (Lipinski definition) is 6. The second kappa shape index (κ2) is 8.24. The molecule has 4 aromatic rings. The van der Waals surface area contributed by atoms with E-state index in [9.17, 15) is 4.39 Å². The van der Waals surface area contributed by atoms with Crippen molar-refractivity contribution in [1.29, 1.82) is 0 Å². The molecule has 0 bridgehead atoms. The van der Waals surface area contributed by atoms with Crippen molar-refractivity contribution in [1.82, 2.24) is 19.9 Å². The van der Waals surface area contributed by atoms with Gasteiger partial charge in [0, 0.05) is 34.8 Å². The van der Waals surface area contributed by atoms with E-state index in [0.29, 0.717) is 40.5 Å². The number of fused-ring (bicyclic) bond motifs is 2. The van der Waals surface area contributed by atoms with E-state index in [-0.39, 0.29) is 6.04 Å². The summed E-state index contributed by atoms with van der Waals surface area (Å²) in [6, 6.07) is 8.97. The van der Waals surface area contributed by atoms with E-state index >= 15 is 0 Å². The van der Waals surface area contributed by atoms with E-state index in [1.165, 1.54) is 18.6 Å². The van der Waals surface area contributed by atoms with Gasteiger partial charge < -0.3 is 5.32 Å². The normalized spacial score (nSPS) is 13.4. The van der Waals surface area contributed by atoms with E-state index in [0.717, 1.165) is 28.0 Å². The van der Waals surface area contributed by atoms with Crippen molar-refractivity contribution in [3.8, 4) is 11.3 Å². The van der Waals surface area contributed by atoms with Crippen molar-refractivity contribution in [2.24, 2.45) is 4.99 Å². The van der Waals surface area contributed by atoms with Crippen molar-refractivity contribution < 1.29 is 4.39 Å². The lowest BCUT2D eigenvalue weighted by Gasteiger charge is -2.21. The molecule has 5 rings (SSSR count). The zero-order chi connectivity index (χ0) is 22.2. The maximum atomic E-state index is 14.2. The third kappa shape index (κ3) is 3.58. The molecule has 0 amide bonds. The fraction of sp³-hybridized carbons (Fsp3) is 0.208. The summed E-state index contributed by atoms with van der Waals surface area (Å²) in [4.78, 5) is 22.3. The van der Waals surface area contributed by atoms with Crippen LogP contribution in [0.2, 0.25) is 5.02 Å². The number of nitrogens with one attached hydrogen (secondary N) is 1. The molecule has 160 valence electrons. The topological polar surface area (TPSA) is 76.0 Å². The molecule has 1 atom stereocenters. The second-order valence-corrected chi connectivity index (χ2v) is 8.05. The van der Waals surface area contributed by atoms with Crippen LogP contribution in [-0.2, 0) is 12.8 Å². The van der Waals surface area contributed by atoms with Crippen LogP contribution in [0.15, 0.2) is 47.8 Å². The van der Waals surface area contributed by atoms with Gasteiger partial charge in [0.25, 0.3) is 0 Å². The number of aliphatic imine (C=N–C) groups is 1. The Labute approximate surface area is 189 Å². The van der Waals surface area contributed by atoms with Crippen LogP contribution in [0.4, 0.5) is 15.9 Å². The van der Waals surface area contributed by atoms with Gasteiger partial charge in [0.1, 0.15) is 17.8 Å². The molecule has 32 heavy (non-hydrogen) atoms. The van der Waals surface area contributed by atoms with Gasteiger partial charge in [0.2, 0.25) is 0 Å². The van der Waals surface area contributed by atoms with Gasteiger partial charge in [-0.15, -0.1) is 0 Å². The molecule has 1 aliphatic heterocycles. The van der Waals surface area contributed by atoms with Gasteiger partial charge in [-0.2, -0.15) is 0 Å². The van der Waals surface area contributed by atoms with Gasteiger partial charge in [-0.3, -0.25) is 9.98 Å². The van der Waals surface area contributed by atoms with Crippen LogP contribution in [0, 0.1) is 5.82 Å². The predicted octanol–water partition coefficient (Wildman–Crippen LogP) is 5.87. The van der Waals surface area contributed by atoms with Crippen molar-refractivity contribution in [3.63, 3.8) is 0 Å². The van der Waals surface area contributed by atoms with Crippen molar-refractivity contribution in [3.05, 3.63) is 70.6 Å². The van der Waals surface area contributed by atoms with Crippen LogP contribution >= 0.6 is 11.6 Å². The van der Waals surface area contributed by atoms with Crippen molar-refractivity contribution in [2.45, 2.75) is 32.7 Å². The van der Waals surface area contributed by atoms with Gasteiger partial charge in [-0.1, -0.05) is 30.7 Å². The van der Waals surface area contributed by atoms with Gasteiger partial charge in [-0.05, 0) is 31.5 Å². The first-order valence-electron chi connectivity index (χ1n) is 10.4. The quantitative estimate of drug-likeness (QED) is 0.414. The highest BCUT2D eigenvalue weighted by atomic mass is 35.5. The van der Waals surface area contributed by atoms with E-state index in [1.54, 1.807) is 6.07 Å². The van der Waals surface area contributed by atoms with E-state index < -0.39 is 5.82 Å². The van der Waals surface area contributed by atoms with E-state index in [1.807, 2.05) is 38.3 Å². The molecule has 6 nitrogen and oxygen atoms in total. The number of nitrogens with zero attached hydrogens (tertiary/aromatic N) is 5. The Balaban J connectivity index is 1.68. The lowest BCUT2D eigenvalue weighted by atomic mass is 9.96. The molecule has 4 heterocycles. The first-order valence-corrected chi connectivity index (χ1v) is 10.8. The monoisotopic (exact) mass is 446 g/mol. The van der Waals surface area contributed by atoms with E-state index in [2.05, 4.69) is 25.3 Å². The Kier molecular flexibility index (Phi) is 5.27. The Hall–Kier alpha value is -3.45. The first-order chi connectivity index (χ1) is 15.5. The van der Waals surface area contributed by atoms with Crippen LogP contribution in [-0.4, -0.2) is 26.2 Å². The number of aryl methyl sites for hydroxylation is 1. The molecular weight excluding hydrogens is 427 g/mol. The second-order valence-electron chi connectivity index (χ2n) is 7.64. The number of aromatic nitrogens is 4. The Morgan fingerprint density at radius 3 is 2.91 bits per heavy atom. The standard InChI is InChI=1S/C24H20ClFN6/c1-3-19-17(10-15(26)11-28-19)22-16(9-14-5-4-6-18(25)21(14)32-22)13(2)31-24-23-20(7-8-27-23)29-12-30-24/h4-6,8-13H,3,7H2,1-2H3,(H,29,30,31)/t13-/m0/s1. The molecule has 0 spiro atoms. The summed E-state index contributed by atoms with van der Waals surface area (Å²) in [7, 11) is 0. The maximum Gasteiger partial charge on any atom is 0.156 e.